The van der Waals surface area contributed by atoms with Crippen molar-refractivity contribution in [2.75, 3.05) is 13.2 Å². The summed E-state index contributed by atoms with van der Waals surface area (Å²) in [6.45, 7) is 4.90. The van der Waals surface area contributed by atoms with Crippen LogP contribution in [0.4, 0.5) is 4.39 Å². The molecule has 0 unspecified atom stereocenters. The Hall–Kier alpha value is -3.03. The SMILES string of the molecule is CCCC(CCC)C(=O)NCCOc1ccc2nnc(-c3ccc(F)cc3)n2n1. The number of carbonyl (C=O) groups excluding carboxylic acids is 1. The maximum absolute atomic E-state index is 13.2. The molecule has 1 aromatic carbocycles. The molecule has 0 fully saturated rings. The highest BCUT2D eigenvalue weighted by Crippen LogP contribution is 2.19. The lowest BCUT2D eigenvalue weighted by atomic mass is 9.97. The molecule has 3 aromatic rings. The molecule has 0 aliphatic heterocycles. The molecule has 0 spiro atoms. The van der Waals surface area contributed by atoms with Crippen molar-refractivity contribution >= 4 is 11.6 Å². The summed E-state index contributed by atoms with van der Waals surface area (Å²) in [5.41, 5.74) is 1.26. The van der Waals surface area contributed by atoms with Crippen LogP contribution in [-0.2, 0) is 4.79 Å². The van der Waals surface area contributed by atoms with Crippen LogP contribution in [0.1, 0.15) is 39.5 Å². The van der Waals surface area contributed by atoms with Gasteiger partial charge in [0, 0.05) is 17.5 Å². The Bertz CT molecular complexity index is 936. The minimum absolute atomic E-state index is 0.0646. The number of nitrogens with one attached hydrogen (secondary N) is 1. The Morgan fingerprint density at radius 3 is 2.52 bits per heavy atom. The van der Waals surface area contributed by atoms with Gasteiger partial charge in [0.2, 0.25) is 11.8 Å². The van der Waals surface area contributed by atoms with E-state index in [0.29, 0.717) is 36.1 Å². The van der Waals surface area contributed by atoms with Gasteiger partial charge in [0.1, 0.15) is 12.4 Å². The second-order valence-electron chi connectivity index (χ2n) is 6.89. The second-order valence-corrected chi connectivity index (χ2v) is 6.89. The first kappa shape index (κ1) is 20.7. The van der Waals surface area contributed by atoms with Crippen LogP contribution in [0.5, 0.6) is 5.88 Å². The zero-order valence-corrected chi connectivity index (χ0v) is 16.8. The summed E-state index contributed by atoms with van der Waals surface area (Å²) in [7, 11) is 0. The fourth-order valence-electron chi connectivity index (χ4n) is 3.21. The highest BCUT2D eigenvalue weighted by molar-refractivity contribution is 5.78. The van der Waals surface area contributed by atoms with Gasteiger partial charge in [0.05, 0.1) is 6.54 Å². The summed E-state index contributed by atoms with van der Waals surface area (Å²) in [4.78, 5) is 12.3. The predicted molar refractivity (Wildman–Crippen MR) is 108 cm³/mol. The summed E-state index contributed by atoms with van der Waals surface area (Å²) in [5, 5.41) is 15.5. The lowest BCUT2D eigenvalue weighted by Crippen LogP contribution is -2.33. The van der Waals surface area contributed by atoms with Crippen LogP contribution >= 0.6 is 0 Å². The van der Waals surface area contributed by atoms with Crippen LogP contribution in [0.25, 0.3) is 17.0 Å². The van der Waals surface area contributed by atoms with Gasteiger partial charge in [0.15, 0.2) is 11.5 Å². The van der Waals surface area contributed by atoms with Crippen molar-refractivity contribution in [3.63, 3.8) is 0 Å². The molecule has 2 aromatic heterocycles. The molecule has 0 radical (unpaired) electrons. The Balaban J connectivity index is 1.60. The van der Waals surface area contributed by atoms with Gasteiger partial charge in [-0.1, -0.05) is 26.7 Å². The molecular weight excluding hydrogens is 373 g/mol. The van der Waals surface area contributed by atoms with Crippen molar-refractivity contribution in [2.24, 2.45) is 5.92 Å². The molecule has 0 aliphatic rings. The topological polar surface area (TPSA) is 81.4 Å². The fourth-order valence-corrected chi connectivity index (χ4v) is 3.21. The standard InChI is InChI=1S/C21H26FN5O2/c1-3-5-16(6-4-2)21(28)23-13-14-29-19-12-11-18-24-25-20(27(18)26-19)15-7-9-17(22)10-8-15/h7-12,16H,3-6,13-14H2,1-2H3,(H,23,28). The van der Waals surface area contributed by atoms with Crippen molar-refractivity contribution in [2.45, 2.75) is 39.5 Å². The zero-order chi connectivity index (χ0) is 20.6. The Kier molecular flexibility index (Phi) is 7.10. The minimum atomic E-state index is -0.318. The van der Waals surface area contributed by atoms with E-state index in [0.717, 1.165) is 25.7 Å². The summed E-state index contributed by atoms with van der Waals surface area (Å²) in [6.07, 6.45) is 3.79. The maximum atomic E-state index is 13.2. The Labute approximate surface area is 169 Å². The normalized spacial score (nSPS) is 11.2. The fraction of sp³-hybridized carbons (Fsp3) is 0.429. The summed E-state index contributed by atoms with van der Waals surface area (Å²) in [5.74, 6) is 0.726. The quantitative estimate of drug-likeness (QED) is 0.527. The maximum Gasteiger partial charge on any atom is 0.231 e. The Morgan fingerprint density at radius 2 is 1.83 bits per heavy atom. The van der Waals surface area contributed by atoms with Crippen LogP contribution in [0.15, 0.2) is 36.4 Å². The van der Waals surface area contributed by atoms with Gasteiger partial charge in [-0.25, -0.2) is 4.39 Å². The van der Waals surface area contributed by atoms with Gasteiger partial charge in [-0.05, 0) is 43.2 Å². The third-order valence-electron chi connectivity index (χ3n) is 4.64. The van der Waals surface area contributed by atoms with Crippen molar-refractivity contribution in [3.8, 4) is 17.3 Å². The van der Waals surface area contributed by atoms with E-state index in [4.69, 9.17) is 4.74 Å². The first-order valence-electron chi connectivity index (χ1n) is 10.0. The van der Waals surface area contributed by atoms with E-state index >= 15 is 0 Å². The number of aromatic nitrogens is 4. The third-order valence-corrected chi connectivity index (χ3v) is 4.64. The van der Waals surface area contributed by atoms with Crippen LogP contribution in [-0.4, -0.2) is 38.9 Å². The molecule has 8 heteroatoms. The molecule has 0 saturated carbocycles. The van der Waals surface area contributed by atoms with E-state index in [1.165, 1.54) is 12.1 Å². The summed E-state index contributed by atoms with van der Waals surface area (Å²) in [6, 6.07) is 9.43. The van der Waals surface area contributed by atoms with E-state index in [2.05, 4.69) is 34.5 Å². The number of hydrogen-bond donors (Lipinski definition) is 1. The van der Waals surface area contributed by atoms with Crippen LogP contribution in [0, 0.1) is 11.7 Å². The molecule has 154 valence electrons. The van der Waals surface area contributed by atoms with Crippen molar-refractivity contribution in [1.29, 1.82) is 0 Å². The summed E-state index contributed by atoms with van der Waals surface area (Å²) < 4.78 is 20.4. The minimum Gasteiger partial charge on any atom is -0.475 e. The second kappa shape index (κ2) is 9.95. The van der Waals surface area contributed by atoms with Crippen LogP contribution in [0.3, 0.4) is 0 Å². The monoisotopic (exact) mass is 399 g/mol. The van der Waals surface area contributed by atoms with Crippen LogP contribution in [0.2, 0.25) is 0 Å². The molecule has 1 N–H and O–H groups in total. The zero-order valence-electron chi connectivity index (χ0n) is 16.8. The van der Waals surface area contributed by atoms with Gasteiger partial charge < -0.3 is 10.1 Å². The first-order valence-corrected chi connectivity index (χ1v) is 10.0. The molecule has 2 heterocycles. The number of rotatable bonds is 10. The molecular formula is C21H26FN5O2. The van der Waals surface area contributed by atoms with Gasteiger partial charge in [-0.3, -0.25) is 4.79 Å². The number of fused-ring (bicyclic) bond motifs is 1. The number of ether oxygens (including phenoxy) is 1. The lowest BCUT2D eigenvalue weighted by Gasteiger charge is -2.15. The number of benzene rings is 1. The molecule has 3 rings (SSSR count). The van der Waals surface area contributed by atoms with Crippen molar-refractivity contribution < 1.29 is 13.9 Å². The molecule has 0 saturated heterocycles. The number of hydrogen-bond acceptors (Lipinski definition) is 5. The molecule has 7 nitrogen and oxygen atoms in total. The van der Waals surface area contributed by atoms with Gasteiger partial charge >= 0.3 is 0 Å². The molecule has 1 amide bonds. The van der Waals surface area contributed by atoms with E-state index in [1.807, 2.05) is 0 Å². The van der Waals surface area contributed by atoms with E-state index in [-0.39, 0.29) is 17.6 Å². The molecule has 0 atom stereocenters. The largest absolute Gasteiger partial charge is 0.475 e. The van der Waals surface area contributed by atoms with E-state index < -0.39 is 0 Å². The van der Waals surface area contributed by atoms with Crippen LogP contribution < -0.4 is 10.1 Å². The summed E-state index contributed by atoms with van der Waals surface area (Å²) >= 11 is 0. The first-order chi connectivity index (χ1) is 14.1. The number of halogens is 1. The van der Waals surface area contributed by atoms with Crippen molar-refractivity contribution in [1.82, 2.24) is 25.1 Å². The molecule has 29 heavy (non-hydrogen) atoms. The smallest absolute Gasteiger partial charge is 0.231 e. The Morgan fingerprint density at radius 1 is 1.10 bits per heavy atom. The average Bonchev–Trinajstić information content (AvgIpc) is 3.15. The lowest BCUT2D eigenvalue weighted by molar-refractivity contribution is -0.125. The number of carbonyl (C=O) groups is 1. The third kappa shape index (κ3) is 5.28. The highest BCUT2D eigenvalue weighted by atomic mass is 19.1. The number of nitrogens with zero attached hydrogens (tertiary/aromatic N) is 4. The predicted octanol–water partition coefficient (Wildman–Crippen LogP) is 3.64. The van der Waals surface area contributed by atoms with Gasteiger partial charge in [0.25, 0.3) is 0 Å². The molecule has 0 bridgehead atoms. The van der Waals surface area contributed by atoms with Crippen molar-refractivity contribution in [3.05, 3.63) is 42.2 Å². The highest BCUT2D eigenvalue weighted by Gasteiger charge is 2.16. The van der Waals surface area contributed by atoms with Gasteiger partial charge in [-0.2, -0.15) is 4.52 Å². The molecule has 0 aliphatic carbocycles. The average molecular weight is 399 g/mol. The van der Waals surface area contributed by atoms with E-state index in [9.17, 15) is 9.18 Å². The van der Waals surface area contributed by atoms with Gasteiger partial charge in [-0.15, -0.1) is 15.3 Å². The number of amides is 1. The van der Waals surface area contributed by atoms with E-state index in [1.54, 1.807) is 28.8 Å².